The maximum Gasteiger partial charge on any atom is 0.251 e. The Morgan fingerprint density at radius 1 is 1.56 bits per heavy atom. The van der Waals surface area contributed by atoms with Gasteiger partial charge in [-0.2, -0.15) is 0 Å². The molecular weight excluding hydrogens is 254 g/mol. The average Bonchev–Trinajstić information content (AvgIpc) is 2.32. The van der Waals surface area contributed by atoms with Gasteiger partial charge in [0.1, 0.15) is 0 Å². The molecule has 98 valence electrons. The molecule has 1 saturated heterocycles. The fraction of sp³-hybridized carbons (Fsp3) is 0.462. The highest BCUT2D eigenvalue weighted by Crippen LogP contribution is 2.16. The first-order valence-corrected chi connectivity index (χ1v) is 6.28. The van der Waals surface area contributed by atoms with E-state index >= 15 is 0 Å². The van der Waals surface area contributed by atoms with Crippen LogP contribution in [0.25, 0.3) is 0 Å². The van der Waals surface area contributed by atoms with E-state index in [1.807, 2.05) is 6.92 Å². The third-order valence-electron chi connectivity index (χ3n) is 3.07. The van der Waals surface area contributed by atoms with Crippen molar-refractivity contribution in [3.63, 3.8) is 0 Å². The van der Waals surface area contributed by atoms with Gasteiger partial charge in [-0.1, -0.05) is 11.6 Å². The Balaban J connectivity index is 2.07. The SMILES string of the molecule is Cc1cc(Cl)ccc1C(=O)N[C@@H]1COCC[C@H]1O. The number of aryl methyl sites for hydroxylation is 1. The standard InChI is InChI=1S/C13H16ClNO3/c1-8-6-9(14)2-3-10(8)13(17)15-11-7-18-5-4-12(11)16/h2-3,6,11-12,16H,4-5,7H2,1H3,(H,15,17)/t11-,12-/m1/s1. The van der Waals surface area contributed by atoms with Gasteiger partial charge in [-0.3, -0.25) is 4.79 Å². The number of nitrogens with one attached hydrogen (secondary N) is 1. The molecule has 18 heavy (non-hydrogen) atoms. The van der Waals surface area contributed by atoms with Crippen LogP contribution in [0.5, 0.6) is 0 Å². The summed E-state index contributed by atoms with van der Waals surface area (Å²) in [6.45, 7) is 2.71. The zero-order valence-electron chi connectivity index (χ0n) is 10.1. The van der Waals surface area contributed by atoms with E-state index in [-0.39, 0.29) is 11.9 Å². The lowest BCUT2D eigenvalue weighted by atomic mass is 10.0. The zero-order chi connectivity index (χ0) is 13.1. The Bertz CT molecular complexity index is 450. The number of benzene rings is 1. The predicted molar refractivity (Wildman–Crippen MR) is 68.9 cm³/mol. The van der Waals surface area contributed by atoms with E-state index in [0.717, 1.165) is 5.56 Å². The van der Waals surface area contributed by atoms with Gasteiger partial charge in [0.2, 0.25) is 0 Å². The number of aliphatic hydroxyl groups excluding tert-OH is 1. The Morgan fingerprint density at radius 2 is 2.33 bits per heavy atom. The fourth-order valence-corrected chi connectivity index (χ4v) is 2.22. The van der Waals surface area contributed by atoms with Crippen molar-refractivity contribution in [1.29, 1.82) is 0 Å². The maximum absolute atomic E-state index is 12.1. The van der Waals surface area contributed by atoms with Gasteiger partial charge >= 0.3 is 0 Å². The molecule has 1 heterocycles. The Hall–Kier alpha value is -1.10. The van der Waals surface area contributed by atoms with E-state index in [0.29, 0.717) is 30.2 Å². The minimum atomic E-state index is -0.546. The number of rotatable bonds is 2. The summed E-state index contributed by atoms with van der Waals surface area (Å²) in [7, 11) is 0. The van der Waals surface area contributed by atoms with Crippen molar-refractivity contribution in [3.8, 4) is 0 Å². The smallest absolute Gasteiger partial charge is 0.251 e. The van der Waals surface area contributed by atoms with Crippen LogP contribution in [-0.4, -0.2) is 36.4 Å². The number of carbonyl (C=O) groups is 1. The lowest BCUT2D eigenvalue weighted by Crippen LogP contribution is -2.49. The highest BCUT2D eigenvalue weighted by molar-refractivity contribution is 6.30. The number of carbonyl (C=O) groups excluding carboxylic acids is 1. The molecule has 1 amide bonds. The van der Waals surface area contributed by atoms with Crippen molar-refractivity contribution in [2.75, 3.05) is 13.2 Å². The summed E-state index contributed by atoms with van der Waals surface area (Å²) < 4.78 is 5.24. The Kier molecular flexibility index (Phi) is 4.22. The topological polar surface area (TPSA) is 58.6 Å². The van der Waals surface area contributed by atoms with Gasteiger partial charge < -0.3 is 15.2 Å². The van der Waals surface area contributed by atoms with Gasteiger partial charge in [-0.15, -0.1) is 0 Å². The molecule has 0 saturated carbocycles. The van der Waals surface area contributed by atoms with Crippen molar-refractivity contribution in [2.24, 2.45) is 0 Å². The van der Waals surface area contributed by atoms with Crippen molar-refractivity contribution in [1.82, 2.24) is 5.32 Å². The summed E-state index contributed by atoms with van der Waals surface area (Å²) in [6.07, 6.45) is 0.000165. The number of hydrogen-bond donors (Lipinski definition) is 2. The molecule has 0 bridgehead atoms. The van der Waals surface area contributed by atoms with Crippen molar-refractivity contribution >= 4 is 17.5 Å². The van der Waals surface area contributed by atoms with Crippen LogP contribution in [0.4, 0.5) is 0 Å². The van der Waals surface area contributed by atoms with Crippen LogP contribution in [0.1, 0.15) is 22.3 Å². The van der Waals surface area contributed by atoms with Crippen LogP contribution in [0.15, 0.2) is 18.2 Å². The molecule has 1 aliphatic heterocycles. The molecule has 1 aromatic carbocycles. The summed E-state index contributed by atoms with van der Waals surface area (Å²) in [6, 6.07) is 4.76. The molecule has 0 unspecified atom stereocenters. The van der Waals surface area contributed by atoms with Crippen LogP contribution < -0.4 is 5.32 Å². The van der Waals surface area contributed by atoms with Gasteiger partial charge in [0.25, 0.3) is 5.91 Å². The molecule has 2 N–H and O–H groups in total. The van der Waals surface area contributed by atoms with Gasteiger partial charge in [0, 0.05) is 17.2 Å². The summed E-state index contributed by atoms with van der Waals surface area (Å²) >= 11 is 5.84. The van der Waals surface area contributed by atoms with Crippen molar-refractivity contribution in [3.05, 3.63) is 34.3 Å². The predicted octanol–water partition coefficient (Wildman–Crippen LogP) is 1.53. The monoisotopic (exact) mass is 269 g/mol. The normalized spacial score (nSPS) is 23.7. The summed E-state index contributed by atoms with van der Waals surface area (Å²) in [5, 5.41) is 13.2. The minimum Gasteiger partial charge on any atom is -0.391 e. The molecule has 0 spiro atoms. The summed E-state index contributed by atoms with van der Waals surface area (Å²) in [4.78, 5) is 12.1. The second-order valence-corrected chi connectivity index (χ2v) is 4.91. The fourth-order valence-electron chi connectivity index (χ4n) is 1.99. The molecule has 1 aromatic rings. The lowest BCUT2D eigenvalue weighted by molar-refractivity contribution is -0.0140. The van der Waals surface area contributed by atoms with Gasteiger partial charge in [0.15, 0.2) is 0 Å². The van der Waals surface area contributed by atoms with E-state index in [9.17, 15) is 9.90 Å². The molecule has 5 heteroatoms. The molecule has 1 fully saturated rings. The van der Waals surface area contributed by atoms with Crippen LogP contribution in [0.2, 0.25) is 5.02 Å². The number of hydrogen-bond acceptors (Lipinski definition) is 3. The highest BCUT2D eigenvalue weighted by Gasteiger charge is 2.25. The number of ether oxygens (including phenoxy) is 1. The third-order valence-corrected chi connectivity index (χ3v) is 3.30. The third kappa shape index (κ3) is 3.02. The molecule has 4 nitrogen and oxygen atoms in total. The van der Waals surface area contributed by atoms with Gasteiger partial charge in [0.05, 0.1) is 18.8 Å². The number of amides is 1. The van der Waals surface area contributed by atoms with E-state index in [1.54, 1.807) is 18.2 Å². The highest BCUT2D eigenvalue weighted by atomic mass is 35.5. The number of aliphatic hydroxyl groups is 1. The Labute approximate surface area is 111 Å². The molecule has 2 rings (SSSR count). The second kappa shape index (κ2) is 5.69. The first-order chi connectivity index (χ1) is 8.58. The second-order valence-electron chi connectivity index (χ2n) is 4.47. The Morgan fingerprint density at radius 3 is 3.00 bits per heavy atom. The summed E-state index contributed by atoms with van der Waals surface area (Å²) in [5.41, 5.74) is 1.38. The molecule has 0 aromatic heterocycles. The van der Waals surface area contributed by atoms with Crippen LogP contribution in [0, 0.1) is 6.92 Å². The van der Waals surface area contributed by atoms with E-state index in [2.05, 4.69) is 5.32 Å². The molecule has 0 radical (unpaired) electrons. The van der Waals surface area contributed by atoms with Crippen molar-refractivity contribution in [2.45, 2.75) is 25.5 Å². The zero-order valence-corrected chi connectivity index (χ0v) is 10.9. The first kappa shape index (κ1) is 13.3. The van der Waals surface area contributed by atoms with Gasteiger partial charge in [-0.25, -0.2) is 0 Å². The molecule has 2 atom stereocenters. The quantitative estimate of drug-likeness (QED) is 0.856. The molecule has 1 aliphatic rings. The molecule has 0 aliphatic carbocycles. The van der Waals surface area contributed by atoms with Crippen molar-refractivity contribution < 1.29 is 14.6 Å². The van der Waals surface area contributed by atoms with Crippen LogP contribution in [-0.2, 0) is 4.74 Å². The molecular formula is C13H16ClNO3. The van der Waals surface area contributed by atoms with Crippen LogP contribution in [0.3, 0.4) is 0 Å². The maximum atomic E-state index is 12.1. The number of halogens is 1. The first-order valence-electron chi connectivity index (χ1n) is 5.91. The minimum absolute atomic E-state index is 0.210. The summed E-state index contributed by atoms with van der Waals surface area (Å²) in [5.74, 6) is -0.210. The van der Waals surface area contributed by atoms with E-state index < -0.39 is 6.10 Å². The van der Waals surface area contributed by atoms with E-state index in [4.69, 9.17) is 16.3 Å². The largest absolute Gasteiger partial charge is 0.391 e. The van der Waals surface area contributed by atoms with Gasteiger partial charge in [-0.05, 0) is 37.1 Å². The lowest BCUT2D eigenvalue weighted by Gasteiger charge is -2.28. The van der Waals surface area contributed by atoms with Crippen LogP contribution >= 0.6 is 11.6 Å². The van der Waals surface area contributed by atoms with E-state index in [1.165, 1.54) is 0 Å². The average molecular weight is 270 g/mol.